The minimum atomic E-state index is -0.522. The molecule has 6 heteroatoms. The van der Waals surface area contributed by atoms with E-state index in [-0.39, 0.29) is 6.04 Å². The maximum absolute atomic E-state index is 5.58. The van der Waals surface area contributed by atoms with Crippen molar-refractivity contribution < 1.29 is 14.0 Å². The summed E-state index contributed by atoms with van der Waals surface area (Å²) in [6.45, 7) is 8.50. The number of morpholine rings is 1. The highest BCUT2D eigenvalue weighted by Gasteiger charge is 2.29. The first-order valence-electron chi connectivity index (χ1n) is 5.92. The second kappa shape index (κ2) is 5.12. The summed E-state index contributed by atoms with van der Waals surface area (Å²) in [7, 11) is 0. The van der Waals surface area contributed by atoms with Gasteiger partial charge in [-0.3, -0.25) is 0 Å². The Morgan fingerprint density at radius 3 is 3.00 bits per heavy atom. The summed E-state index contributed by atoms with van der Waals surface area (Å²) in [5, 5.41) is 7.25. The van der Waals surface area contributed by atoms with Crippen LogP contribution in [-0.4, -0.2) is 36.5 Å². The minimum Gasteiger partial charge on any atom is -0.378 e. The van der Waals surface area contributed by atoms with Gasteiger partial charge >= 0.3 is 0 Å². The summed E-state index contributed by atoms with van der Waals surface area (Å²) < 4.78 is 16.2. The third-order valence-electron chi connectivity index (χ3n) is 2.71. The fourth-order valence-corrected chi connectivity index (χ4v) is 1.77. The highest BCUT2D eigenvalue weighted by Crippen LogP contribution is 2.23. The average Bonchev–Trinajstić information content (AvgIpc) is 2.80. The number of ether oxygens (including phenoxy) is 2. The van der Waals surface area contributed by atoms with Gasteiger partial charge in [-0.2, -0.15) is 4.98 Å². The number of hydrogen-bond acceptors (Lipinski definition) is 6. The quantitative estimate of drug-likeness (QED) is 0.848. The van der Waals surface area contributed by atoms with Crippen molar-refractivity contribution >= 4 is 0 Å². The van der Waals surface area contributed by atoms with Crippen LogP contribution >= 0.6 is 0 Å². The lowest BCUT2D eigenvalue weighted by Crippen LogP contribution is -2.34. The molecule has 0 bridgehead atoms. The second-order valence-corrected chi connectivity index (χ2v) is 4.48. The molecule has 1 aromatic rings. The molecule has 0 aromatic carbocycles. The molecule has 96 valence electrons. The maximum Gasteiger partial charge on any atom is 0.246 e. The van der Waals surface area contributed by atoms with Crippen molar-refractivity contribution in [3.05, 3.63) is 11.7 Å². The first-order valence-corrected chi connectivity index (χ1v) is 5.92. The molecular formula is C11H19N3O3. The molecule has 2 heterocycles. The Hall–Kier alpha value is -0.980. The van der Waals surface area contributed by atoms with Crippen molar-refractivity contribution in [1.29, 1.82) is 0 Å². The van der Waals surface area contributed by atoms with E-state index in [0.29, 0.717) is 24.9 Å². The predicted octanol–water partition coefficient (Wildman–Crippen LogP) is 1.00. The van der Waals surface area contributed by atoms with E-state index in [1.54, 1.807) is 0 Å². The first-order chi connectivity index (χ1) is 8.13. The Balaban J connectivity index is 2.09. The van der Waals surface area contributed by atoms with Gasteiger partial charge in [0.15, 0.2) is 0 Å². The fraction of sp³-hybridized carbons (Fsp3) is 0.818. The molecule has 1 aliphatic heterocycles. The molecule has 0 spiro atoms. The van der Waals surface area contributed by atoms with Crippen LogP contribution in [0.15, 0.2) is 4.52 Å². The number of rotatable bonds is 4. The van der Waals surface area contributed by atoms with Gasteiger partial charge < -0.3 is 19.3 Å². The lowest BCUT2D eigenvalue weighted by molar-refractivity contribution is -0.0221. The summed E-state index contributed by atoms with van der Waals surface area (Å²) in [4.78, 5) is 4.38. The Morgan fingerprint density at radius 2 is 2.35 bits per heavy atom. The molecule has 0 saturated carbocycles. The van der Waals surface area contributed by atoms with Crippen LogP contribution in [0.5, 0.6) is 0 Å². The van der Waals surface area contributed by atoms with E-state index in [1.165, 1.54) is 0 Å². The van der Waals surface area contributed by atoms with E-state index in [0.717, 1.165) is 13.2 Å². The smallest absolute Gasteiger partial charge is 0.246 e. The number of aromatic nitrogens is 2. The normalized spacial score (nSPS) is 21.7. The number of nitrogens with one attached hydrogen (secondary N) is 1. The van der Waals surface area contributed by atoms with Crippen LogP contribution in [0.2, 0.25) is 0 Å². The summed E-state index contributed by atoms with van der Waals surface area (Å²) in [6.07, 6.45) is 0. The van der Waals surface area contributed by atoms with E-state index in [4.69, 9.17) is 14.0 Å². The first kappa shape index (κ1) is 12.5. The molecule has 1 aromatic heterocycles. The summed E-state index contributed by atoms with van der Waals surface area (Å²) in [5.41, 5.74) is -0.522. The van der Waals surface area contributed by atoms with E-state index < -0.39 is 5.60 Å². The molecule has 1 N–H and O–H groups in total. The number of nitrogens with zero attached hydrogens (tertiary/aromatic N) is 2. The number of hydrogen-bond donors (Lipinski definition) is 1. The fourth-order valence-electron chi connectivity index (χ4n) is 1.77. The Labute approximate surface area is 101 Å². The van der Waals surface area contributed by atoms with Crippen LogP contribution in [-0.2, 0) is 15.1 Å². The lowest BCUT2D eigenvalue weighted by Gasteiger charge is -2.21. The molecule has 0 amide bonds. The standard InChI is InChI=1S/C11H19N3O3/c1-4-16-11(2,3)10-13-9(17-14-10)8-7-15-6-5-12-8/h8,12H,4-7H2,1-3H3. The van der Waals surface area contributed by atoms with Crippen LogP contribution in [0.25, 0.3) is 0 Å². The Bertz CT molecular complexity index is 359. The van der Waals surface area contributed by atoms with Crippen LogP contribution < -0.4 is 5.32 Å². The van der Waals surface area contributed by atoms with E-state index >= 15 is 0 Å². The van der Waals surface area contributed by atoms with Crippen molar-refractivity contribution in [3.8, 4) is 0 Å². The molecule has 1 fully saturated rings. The van der Waals surface area contributed by atoms with Gasteiger partial charge in [0.05, 0.1) is 13.2 Å². The molecule has 0 aliphatic carbocycles. The summed E-state index contributed by atoms with van der Waals surface area (Å²) >= 11 is 0. The van der Waals surface area contributed by atoms with Crippen LogP contribution in [0.1, 0.15) is 38.5 Å². The monoisotopic (exact) mass is 241 g/mol. The summed E-state index contributed by atoms with van der Waals surface area (Å²) in [5.74, 6) is 1.13. The zero-order valence-corrected chi connectivity index (χ0v) is 10.5. The lowest BCUT2D eigenvalue weighted by atomic mass is 10.1. The van der Waals surface area contributed by atoms with Crippen molar-refractivity contribution in [2.75, 3.05) is 26.4 Å². The van der Waals surface area contributed by atoms with E-state index in [2.05, 4.69) is 15.5 Å². The van der Waals surface area contributed by atoms with Crippen LogP contribution in [0.4, 0.5) is 0 Å². The third-order valence-corrected chi connectivity index (χ3v) is 2.71. The van der Waals surface area contributed by atoms with Crippen molar-refractivity contribution in [3.63, 3.8) is 0 Å². The van der Waals surface area contributed by atoms with Crippen LogP contribution in [0.3, 0.4) is 0 Å². The van der Waals surface area contributed by atoms with Crippen molar-refractivity contribution in [2.45, 2.75) is 32.4 Å². The Kier molecular flexibility index (Phi) is 3.76. The predicted molar refractivity (Wildman–Crippen MR) is 60.5 cm³/mol. The molecule has 1 saturated heterocycles. The van der Waals surface area contributed by atoms with Gasteiger partial charge in [-0.15, -0.1) is 0 Å². The second-order valence-electron chi connectivity index (χ2n) is 4.48. The van der Waals surface area contributed by atoms with Gasteiger partial charge in [-0.25, -0.2) is 0 Å². The van der Waals surface area contributed by atoms with E-state index in [1.807, 2.05) is 20.8 Å². The highest BCUT2D eigenvalue weighted by molar-refractivity contribution is 5.00. The van der Waals surface area contributed by atoms with Gasteiger partial charge in [0.2, 0.25) is 11.7 Å². The van der Waals surface area contributed by atoms with Gasteiger partial charge in [0.25, 0.3) is 0 Å². The van der Waals surface area contributed by atoms with Crippen molar-refractivity contribution in [2.24, 2.45) is 0 Å². The highest BCUT2D eigenvalue weighted by atomic mass is 16.5. The van der Waals surface area contributed by atoms with Gasteiger partial charge in [-0.1, -0.05) is 5.16 Å². The summed E-state index contributed by atoms with van der Waals surface area (Å²) in [6, 6.07) is -0.0116. The molecule has 0 radical (unpaired) electrons. The van der Waals surface area contributed by atoms with Gasteiger partial charge in [-0.05, 0) is 20.8 Å². The molecular weight excluding hydrogens is 222 g/mol. The SMILES string of the molecule is CCOC(C)(C)c1noc(C2COCCN2)n1. The van der Waals surface area contributed by atoms with E-state index in [9.17, 15) is 0 Å². The minimum absolute atomic E-state index is 0.0116. The average molecular weight is 241 g/mol. The molecule has 2 rings (SSSR count). The molecule has 6 nitrogen and oxygen atoms in total. The molecule has 17 heavy (non-hydrogen) atoms. The maximum atomic E-state index is 5.58. The molecule has 1 unspecified atom stereocenters. The largest absolute Gasteiger partial charge is 0.378 e. The van der Waals surface area contributed by atoms with Gasteiger partial charge in [0, 0.05) is 13.2 Å². The zero-order valence-electron chi connectivity index (χ0n) is 10.5. The Morgan fingerprint density at radius 1 is 1.53 bits per heavy atom. The topological polar surface area (TPSA) is 69.4 Å². The van der Waals surface area contributed by atoms with Crippen LogP contribution in [0, 0.1) is 0 Å². The molecule has 1 atom stereocenters. The molecule has 1 aliphatic rings. The third kappa shape index (κ3) is 2.83. The van der Waals surface area contributed by atoms with Crippen molar-refractivity contribution in [1.82, 2.24) is 15.5 Å². The zero-order chi connectivity index (χ0) is 12.3. The van der Waals surface area contributed by atoms with Gasteiger partial charge in [0.1, 0.15) is 11.6 Å².